The molecule has 1 aliphatic rings. The molecule has 5 nitrogen and oxygen atoms in total. The van der Waals surface area contributed by atoms with Crippen LogP contribution in [0.5, 0.6) is 0 Å². The molecule has 17 heavy (non-hydrogen) atoms. The van der Waals surface area contributed by atoms with E-state index in [1.807, 2.05) is 0 Å². The van der Waals surface area contributed by atoms with Crippen molar-refractivity contribution in [3.8, 4) is 0 Å². The van der Waals surface area contributed by atoms with Crippen molar-refractivity contribution in [3.63, 3.8) is 0 Å². The van der Waals surface area contributed by atoms with Crippen LogP contribution in [-0.4, -0.2) is 20.6 Å². The van der Waals surface area contributed by atoms with Gasteiger partial charge >= 0.3 is 5.69 Å². The Morgan fingerprint density at radius 2 is 2.00 bits per heavy atom. The van der Waals surface area contributed by atoms with Crippen molar-refractivity contribution >= 4 is 21.1 Å². The molecular weight excluding hydrogens is 247 g/mol. The number of nitro groups is 1. The predicted molar refractivity (Wildman–Crippen MR) is 62.3 cm³/mol. The number of nitrogens with zero attached hydrogens (tertiary/aromatic N) is 2. The molecule has 1 saturated heterocycles. The summed E-state index contributed by atoms with van der Waals surface area (Å²) in [5.74, 6) is 0.117. The van der Waals surface area contributed by atoms with Crippen LogP contribution in [0.25, 0.3) is 0 Å². The molecule has 0 saturated carbocycles. The van der Waals surface area contributed by atoms with E-state index in [1.54, 1.807) is 0 Å². The van der Waals surface area contributed by atoms with Crippen molar-refractivity contribution in [2.45, 2.75) is 12.8 Å². The Kier molecular flexibility index (Phi) is 3.10. The molecule has 0 aromatic heterocycles. The van der Waals surface area contributed by atoms with Crippen LogP contribution in [0.3, 0.4) is 0 Å². The molecule has 0 N–H and O–H groups in total. The Balaban J connectivity index is 2.44. The summed E-state index contributed by atoms with van der Waals surface area (Å²) in [5, 5.41) is 10.5. The summed E-state index contributed by atoms with van der Waals surface area (Å²) in [6.07, 6.45) is 1.71. The number of halogens is 1. The van der Waals surface area contributed by atoms with E-state index < -0.39 is 26.2 Å². The first kappa shape index (κ1) is 12.0. The van der Waals surface area contributed by atoms with Gasteiger partial charge in [0, 0.05) is 17.6 Å². The second-order valence-corrected chi connectivity index (χ2v) is 6.42. The van der Waals surface area contributed by atoms with Crippen LogP contribution < -0.4 is 0 Å². The average Bonchev–Trinajstić information content (AvgIpc) is 2.67. The van der Waals surface area contributed by atoms with Gasteiger partial charge in [0.15, 0.2) is 0 Å². The third-order valence-electron chi connectivity index (χ3n) is 2.57. The van der Waals surface area contributed by atoms with E-state index in [2.05, 4.69) is 4.36 Å². The first-order chi connectivity index (χ1) is 8.00. The van der Waals surface area contributed by atoms with Crippen LogP contribution in [0.1, 0.15) is 12.8 Å². The quantitative estimate of drug-likeness (QED) is 0.604. The van der Waals surface area contributed by atoms with Crippen LogP contribution in [0.15, 0.2) is 22.6 Å². The lowest BCUT2D eigenvalue weighted by Crippen LogP contribution is -1.99. The predicted octanol–water partition coefficient (Wildman–Crippen LogP) is 2.63. The molecule has 92 valence electrons. The maximum absolute atomic E-state index is 13.1. The van der Waals surface area contributed by atoms with Gasteiger partial charge in [-0.3, -0.25) is 10.1 Å². The van der Waals surface area contributed by atoms with E-state index in [0.29, 0.717) is 11.5 Å². The summed E-state index contributed by atoms with van der Waals surface area (Å²) >= 11 is 0. The zero-order valence-electron chi connectivity index (χ0n) is 8.97. The highest BCUT2D eigenvalue weighted by molar-refractivity contribution is 7.93. The molecular formula is C10H11FN2O3S. The Morgan fingerprint density at radius 3 is 2.59 bits per heavy atom. The van der Waals surface area contributed by atoms with Gasteiger partial charge in [-0.25, -0.2) is 4.21 Å². The Bertz CT molecular complexity index is 567. The molecule has 0 unspecified atom stereocenters. The number of hydrogen-bond donors (Lipinski definition) is 0. The van der Waals surface area contributed by atoms with Gasteiger partial charge in [0.05, 0.1) is 20.3 Å². The van der Waals surface area contributed by atoms with Crippen molar-refractivity contribution in [1.82, 2.24) is 0 Å². The van der Waals surface area contributed by atoms with E-state index >= 15 is 0 Å². The summed E-state index contributed by atoms with van der Waals surface area (Å²) in [7, 11) is -2.28. The Hall–Kier alpha value is -1.50. The smallest absolute Gasteiger partial charge is 0.258 e. The first-order valence-electron chi connectivity index (χ1n) is 5.17. The summed E-state index contributed by atoms with van der Waals surface area (Å²) in [5.41, 5.74) is -0.419. The van der Waals surface area contributed by atoms with E-state index in [0.717, 1.165) is 25.0 Å². The minimum atomic E-state index is -2.28. The van der Waals surface area contributed by atoms with E-state index in [-0.39, 0.29) is 5.69 Å². The van der Waals surface area contributed by atoms with Gasteiger partial charge < -0.3 is 0 Å². The first-order valence-corrected chi connectivity index (χ1v) is 7.02. The highest BCUT2D eigenvalue weighted by Gasteiger charge is 2.18. The molecule has 7 heteroatoms. The second kappa shape index (κ2) is 4.40. The lowest BCUT2D eigenvalue weighted by atomic mass is 10.3. The zero-order chi connectivity index (χ0) is 12.5. The fourth-order valence-corrected chi connectivity index (χ4v) is 3.93. The molecule has 1 aromatic carbocycles. The van der Waals surface area contributed by atoms with Crippen LogP contribution >= 0.6 is 0 Å². The highest BCUT2D eigenvalue weighted by Crippen LogP contribution is 2.26. The van der Waals surface area contributed by atoms with Crippen LogP contribution in [0, 0.1) is 15.9 Å². The molecule has 0 bridgehead atoms. The molecule has 2 rings (SSSR count). The van der Waals surface area contributed by atoms with Gasteiger partial charge in [-0.15, -0.1) is 0 Å². The minimum absolute atomic E-state index is 0.213. The summed E-state index contributed by atoms with van der Waals surface area (Å²) in [6.45, 7) is 0. The van der Waals surface area contributed by atoms with Crippen LogP contribution in [0.4, 0.5) is 15.8 Å². The van der Waals surface area contributed by atoms with Crippen LogP contribution in [-0.2, 0) is 9.73 Å². The minimum Gasteiger partial charge on any atom is -0.258 e. The standard InChI is InChI=1S/C10H11FN2O3S/c11-9-4-3-8(7-10(9)13(14)15)12-17(16)5-1-2-6-17/h3-4,7H,1-2,5-6H2. The van der Waals surface area contributed by atoms with Crippen molar-refractivity contribution in [3.05, 3.63) is 34.1 Å². The van der Waals surface area contributed by atoms with Gasteiger partial charge in [0.2, 0.25) is 5.82 Å². The lowest BCUT2D eigenvalue weighted by molar-refractivity contribution is -0.387. The monoisotopic (exact) mass is 258 g/mol. The molecule has 0 spiro atoms. The van der Waals surface area contributed by atoms with Crippen LogP contribution in [0.2, 0.25) is 0 Å². The topological polar surface area (TPSA) is 72.6 Å². The number of rotatable bonds is 2. The Labute approximate surface area is 98.0 Å². The summed E-state index contributed by atoms with van der Waals surface area (Å²) in [6, 6.07) is 3.32. The van der Waals surface area contributed by atoms with Crippen molar-refractivity contribution < 1.29 is 13.5 Å². The maximum atomic E-state index is 13.1. The number of benzene rings is 1. The third-order valence-corrected chi connectivity index (χ3v) is 4.97. The zero-order valence-corrected chi connectivity index (χ0v) is 9.78. The fraction of sp³-hybridized carbons (Fsp3) is 0.400. The van der Waals surface area contributed by atoms with Crippen molar-refractivity contribution in [2.75, 3.05) is 11.5 Å². The third kappa shape index (κ3) is 2.60. The normalized spacial score (nSPS) is 17.9. The Morgan fingerprint density at radius 1 is 1.35 bits per heavy atom. The largest absolute Gasteiger partial charge is 0.306 e. The maximum Gasteiger partial charge on any atom is 0.306 e. The van der Waals surface area contributed by atoms with Gasteiger partial charge in [0.1, 0.15) is 0 Å². The van der Waals surface area contributed by atoms with E-state index in [4.69, 9.17) is 0 Å². The molecule has 1 aliphatic heterocycles. The number of hydrogen-bond acceptors (Lipinski definition) is 4. The van der Waals surface area contributed by atoms with Gasteiger partial charge in [-0.2, -0.15) is 8.75 Å². The van der Waals surface area contributed by atoms with Gasteiger partial charge in [-0.05, 0) is 25.0 Å². The lowest BCUT2D eigenvalue weighted by Gasteiger charge is -2.00. The van der Waals surface area contributed by atoms with Gasteiger partial charge in [-0.1, -0.05) is 0 Å². The van der Waals surface area contributed by atoms with Gasteiger partial charge in [0.25, 0.3) is 0 Å². The fourth-order valence-electron chi connectivity index (χ4n) is 1.74. The molecule has 1 heterocycles. The summed E-state index contributed by atoms with van der Waals surface area (Å²) < 4.78 is 29.2. The highest BCUT2D eigenvalue weighted by atomic mass is 32.2. The average molecular weight is 258 g/mol. The molecule has 1 fully saturated rings. The van der Waals surface area contributed by atoms with E-state index in [9.17, 15) is 18.7 Å². The SMILES string of the molecule is O=[N+]([O-])c1cc(N=S2(=O)CCCC2)ccc1F. The molecule has 0 aliphatic carbocycles. The van der Waals surface area contributed by atoms with Crippen molar-refractivity contribution in [1.29, 1.82) is 0 Å². The number of nitro benzene ring substituents is 1. The molecule has 1 aromatic rings. The van der Waals surface area contributed by atoms with E-state index in [1.165, 1.54) is 6.07 Å². The van der Waals surface area contributed by atoms with Crippen molar-refractivity contribution in [2.24, 2.45) is 4.36 Å². The molecule has 0 amide bonds. The summed E-state index contributed by atoms with van der Waals surface area (Å²) in [4.78, 5) is 9.73. The second-order valence-electron chi connectivity index (χ2n) is 3.87. The molecule has 0 radical (unpaired) electrons. The molecule has 0 atom stereocenters.